The molecule has 3 aromatic carbocycles. The Kier molecular flexibility index (Phi) is 8.52. The molecule has 0 spiro atoms. The minimum Gasteiger partial charge on any atom is -0.495 e. The molecule has 1 fully saturated rings. The summed E-state index contributed by atoms with van der Waals surface area (Å²) in [5, 5.41) is 2.99. The normalized spacial score (nSPS) is 13.9. The van der Waals surface area contributed by atoms with Crippen LogP contribution in [0.25, 0.3) is 0 Å². The van der Waals surface area contributed by atoms with Crippen molar-refractivity contribution in [2.45, 2.75) is 12.8 Å². The van der Waals surface area contributed by atoms with Crippen LogP contribution >= 0.6 is 0 Å². The lowest BCUT2D eigenvalue weighted by molar-refractivity contribution is 0.0951. The number of piperazine rings is 1. The first-order chi connectivity index (χ1) is 17.2. The zero-order valence-corrected chi connectivity index (χ0v) is 20.3. The molecule has 1 aliphatic heterocycles. The highest BCUT2D eigenvalue weighted by molar-refractivity contribution is 6.09. The van der Waals surface area contributed by atoms with E-state index in [0.717, 1.165) is 57.0 Å². The topological polar surface area (TPSA) is 61.9 Å². The smallest absolute Gasteiger partial charge is 0.251 e. The van der Waals surface area contributed by atoms with Crippen molar-refractivity contribution in [3.8, 4) is 5.75 Å². The summed E-state index contributed by atoms with van der Waals surface area (Å²) in [6.45, 7) is 5.70. The van der Waals surface area contributed by atoms with Gasteiger partial charge in [-0.2, -0.15) is 0 Å². The Morgan fingerprint density at radius 3 is 2.11 bits per heavy atom. The number of benzene rings is 3. The average molecular weight is 472 g/mol. The third kappa shape index (κ3) is 6.49. The molecule has 4 rings (SSSR count). The van der Waals surface area contributed by atoms with Crippen LogP contribution in [0.5, 0.6) is 5.75 Å². The standard InChI is InChI=1S/C29H33N3O3/c1-35-27-12-6-5-11-26(27)32-21-19-31(20-22-32)18-8-7-17-30-29(34)25-15-13-24(14-16-25)28(33)23-9-3-2-4-10-23/h2-6,9-16H,7-8,17-22H2,1H3,(H,30,34). The minimum atomic E-state index is -0.103. The Balaban J connectivity index is 1.14. The third-order valence-electron chi connectivity index (χ3n) is 6.43. The predicted molar refractivity (Wildman–Crippen MR) is 140 cm³/mol. The SMILES string of the molecule is COc1ccccc1N1CCN(CCCCNC(=O)c2ccc(C(=O)c3ccccc3)cc2)CC1. The molecule has 1 heterocycles. The monoisotopic (exact) mass is 471 g/mol. The zero-order chi connectivity index (χ0) is 24.5. The second kappa shape index (κ2) is 12.2. The molecule has 1 aliphatic rings. The molecular weight excluding hydrogens is 438 g/mol. The van der Waals surface area contributed by atoms with Gasteiger partial charge in [-0.3, -0.25) is 14.5 Å². The van der Waals surface area contributed by atoms with Crippen LogP contribution in [0.1, 0.15) is 39.1 Å². The molecule has 1 saturated heterocycles. The van der Waals surface area contributed by atoms with Gasteiger partial charge in [0, 0.05) is 49.4 Å². The van der Waals surface area contributed by atoms with Gasteiger partial charge in [0.05, 0.1) is 12.8 Å². The summed E-state index contributed by atoms with van der Waals surface area (Å²) in [5.41, 5.74) is 2.96. The number of carbonyl (C=O) groups excluding carboxylic acids is 2. The first-order valence-electron chi connectivity index (χ1n) is 12.2. The van der Waals surface area contributed by atoms with Crippen LogP contribution in [0.15, 0.2) is 78.9 Å². The van der Waals surface area contributed by atoms with Crippen molar-refractivity contribution in [1.82, 2.24) is 10.2 Å². The molecule has 0 radical (unpaired) electrons. The van der Waals surface area contributed by atoms with Crippen molar-refractivity contribution in [2.75, 3.05) is 51.3 Å². The van der Waals surface area contributed by atoms with E-state index in [1.807, 2.05) is 30.3 Å². The Morgan fingerprint density at radius 2 is 1.40 bits per heavy atom. The number of nitrogens with one attached hydrogen (secondary N) is 1. The summed E-state index contributed by atoms with van der Waals surface area (Å²) < 4.78 is 5.50. The van der Waals surface area contributed by atoms with E-state index in [1.54, 1.807) is 43.5 Å². The van der Waals surface area contributed by atoms with E-state index < -0.39 is 0 Å². The number of hydrogen-bond donors (Lipinski definition) is 1. The second-order valence-corrected chi connectivity index (χ2v) is 8.74. The van der Waals surface area contributed by atoms with E-state index >= 15 is 0 Å². The van der Waals surface area contributed by atoms with Crippen LogP contribution in [-0.4, -0.2) is 63.0 Å². The lowest BCUT2D eigenvalue weighted by Crippen LogP contribution is -2.46. The van der Waals surface area contributed by atoms with Gasteiger partial charge in [0.25, 0.3) is 5.91 Å². The number of anilines is 1. The van der Waals surface area contributed by atoms with Crippen molar-refractivity contribution in [1.29, 1.82) is 0 Å². The summed E-state index contributed by atoms with van der Waals surface area (Å²) in [6.07, 6.45) is 1.97. The number of unbranched alkanes of at least 4 members (excludes halogenated alkanes) is 1. The number of ketones is 1. The van der Waals surface area contributed by atoms with E-state index in [9.17, 15) is 9.59 Å². The van der Waals surface area contributed by atoms with Gasteiger partial charge in [0.15, 0.2) is 5.78 Å². The maximum absolute atomic E-state index is 12.5. The molecule has 0 aliphatic carbocycles. The van der Waals surface area contributed by atoms with Gasteiger partial charge in [-0.15, -0.1) is 0 Å². The summed E-state index contributed by atoms with van der Waals surface area (Å²) in [7, 11) is 1.72. The highest BCUT2D eigenvalue weighted by Gasteiger charge is 2.19. The molecule has 1 amide bonds. The van der Waals surface area contributed by atoms with Gasteiger partial charge >= 0.3 is 0 Å². The number of methoxy groups -OCH3 is 1. The predicted octanol–water partition coefficient (Wildman–Crippen LogP) is 4.26. The Morgan fingerprint density at radius 1 is 0.771 bits per heavy atom. The van der Waals surface area contributed by atoms with Gasteiger partial charge in [-0.05, 0) is 43.7 Å². The summed E-state index contributed by atoms with van der Waals surface area (Å²) >= 11 is 0. The van der Waals surface area contributed by atoms with Crippen molar-refractivity contribution in [3.05, 3.63) is 95.6 Å². The lowest BCUT2D eigenvalue weighted by Gasteiger charge is -2.36. The highest BCUT2D eigenvalue weighted by Crippen LogP contribution is 2.28. The first-order valence-corrected chi connectivity index (χ1v) is 12.2. The van der Waals surface area contributed by atoms with E-state index in [1.165, 1.54) is 0 Å². The fraction of sp³-hybridized carbons (Fsp3) is 0.310. The van der Waals surface area contributed by atoms with Crippen molar-refractivity contribution < 1.29 is 14.3 Å². The van der Waals surface area contributed by atoms with E-state index in [0.29, 0.717) is 23.2 Å². The molecule has 0 aromatic heterocycles. The third-order valence-corrected chi connectivity index (χ3v) is 6.43. The summed E-state index contributed by atoms with van der Waals surface area (Å²) in [5.74, 6) is 0.782. The van der Waals surface area contributed by atoms with Gasteiger partial charge < -0.3 is 15.0 Å². The molecule has 6 heteroatoms. The number of para-hydroxylation sites is 2. The van der Waals surface area contributed by atoms with Crippen LogP contribution in [0.3, 0.4) is 0 Å². The van der Waals surface area contributed by atoms with Gasteiger partial charge in [0.1, 0.15) is 5.75 Å². The number of hydrogen-bond acceptors (Lipinski definition) is 5. The Hall–Kier alpha value is -3.64. The summed E-state index contributed by atoms with van der Waals surface area (Å²) in [6, 6.07) is 24.2. The molecule has 1 N–H and O–H groups in total. The molecule has 6 nitrogen and oxygen atoms in total. The quantitative estimate of drug-likeness (QED) is 0.354. The van der Waals surface area contributed by atoms with Gasteiger partial charge in [-0.25, -0.2) is 0 Å². The molecule has 0 saturated carbocycles. The molecule has 0 atom stereocenters. The van der Waals surface area contributed by atoms with Gasteiger partial charge in [0.2, 0.25) is 0 Å². The Bertz CT molecular complexity index is 1110. The number of carbonyl (C=O) groups is 2. The molecule has 35 heavy (non-hydrogen) atoms. The number of ether oxygens (including phenoxy) is 1. The van der Waals surface area contributed by atoms with Crippen LogP contribution in [0, 0.1) is 0 Å². The van der Waals surface area contributed by atoms with Crippen LogP contribution in [-0.2, 0) is 0 Å². The zero-order valence-electron chi connectivity index (χ0n) is 20.3. The van der Waals surface area contributed by atoms with Crippen molar-refractivity contribution in [2.24, 2.45) is 0 Å². The molecule has 0 unspecified atom stereocenters. The van der Waals surface area contributed by atoms with E-state index in [-0.39, 0.29) is 11.7 Å². The van der Waals surface area contributed by atoms with Crippen molar-refractivity contribution in [3.63, 3.8) is 0 Å². The molecular formula is C29H33N3O3. The van der Waals surface area contributed by atoms with Gasteiger partial charge in [-0.1, -0.05) is 54.6 Å². The average Bonchev–Trinajstić information content (AvgIpc) is 2.93. The molecule has 0 bridgehead atoms. The largest absolute Gasteiger partial charge is 0.495 e. The number of nitrogens with zero attached hydrogens (tertiary/aromatic N) is 2. The lowest BCUT2D eigenvalue weighted by atomic mass is 10.0. The first kappa shape index (κ1) is 24.5. The molecule has 3 aromatic rings. The maximum atomic E-state index is 12.5. The fourth-order valence-electron chi connectivity index (χ4n) is 4.40. The number of amides is 1. The van der Waals surface area contributed by atoms with E-state index in [2.05, 4.69) is 27.2 Å². The molecule has 182 valence electrons. The second-order valence-electron chi connectivity index (χ2n) is 8.74. The minimum absolute atomic E-state index is 0.0405. The van der Waals surface area contributed by atoms with E-state index in [4.69, 9.17) is 4.74 Å². The van der Waals surface area contributed by atoms with Crippen molar-refractivity contribution >= 4 is 17.4 Å². The van der Waals surface area contributed by atoms with Crippen LogP contribution in [0.2, 0.25) is 0 Å². The fourth-order valence-corrected chi connectivity index (χ4v) is 4.40. The van der Waals surface area contributed by atoms with Crippen LogP contribution < -0.4 is 15.0 Å². The van der Waals surface area contributed by atoms with Crippen LogP contribution in [0.4, 0.5) is 5.69 Å². The Labute approximate surface area is 207 Å². The summed E-state index contributed by atoms with van der Waals surface area (Å²) in [4.78, 5) is 29.8. The highest BCUT2D eigenvalue weighted by atomic mass is 16.5. The number of rotatable bonds is 10. The maximum Gasteiger partial charge on any atom is 0.251 e.